The van der Waals surface area contributed by atoms with E-state index in [4.69, 9.17) is 0 Å². The van der Waals surface area contributed by atoms with Gasteiger partial charge in [-0.2, -0.15) is 0 Å². The van der Waals surface area contributed by atoms with Crippen molar-refractivity contribution in [1.29, 1.82) is 0 Å². The van der Waals surface area contributed by atoms with E-state index >= 15 is 0 Å². The lowest BCUT2D eigenvalue weighted by atomic mass is 9.84. The van der Waals surface area contributed by atoms with Crippen molar-refractivity contribution in [1.82, 2.24) is 10.0 Å². The number of fused-ring (bicyclic) bond motifs is 2. The lowest BCUT2D eigenvalue weighted by molar-refractivity contribution is -0.122. The smallest absolute Gasteiger partial charge is 0.240 e. The van der Waals surface area contributed by atoms with E-state index in [1.807, 2.05) is 0 Å². The van der Waals surface area contributed by atoms with Gasteiger partial charge in [0, 0.05) is 19.0 Å². The van der Waals surface area contributed by atoms with Crippen molar-refractivity contribution in [2.24, 2.45) is 17.8 Å². The summed E-state index contributed by atoms with van der Waals surface area (Å²) < 4.78 is 26.7. The van der Waals surface area contributed by atoms with Crippen molar-refractivity contribution in [3.63, 3.8) is 0 Å². The fraction of sp³-hybridized carbons (Fsp3) is 0.611. The molecule has 1 aromatic carbocycles. The summed E-state index contributed by atoms with van der Waals surface area (Å²) in [5.74, 6) is 2.13. The molecule has 2 aliphatic rings. The van der Waals surface area contributed by atoms with Gasteiger partial charge < -0.3 is 5.32 Å². The summed E-state index contributed by atoms with van der Waals surface area (Å²) in [6.45, 7) is 2.20. The van der Waals surface area contributed by atoms with Crippen molar-refractivity contribution in [3.05, 3.63) is 30.3 Å². The summed E-state index contributed by atoms with van der Waals surface area (Å²) in [4.78, 5) is 12.3. The maximum absolute atomic E-state index is 12.1. The second-order valence-corrected chi connectivity index (χ2v) is 8.92. The minimum atomic E-state index is -3.54. The van der Waals surface area contributed by atoms with Crippen LogP contribution in [0.2, 0.25) is 0 Å². The zero-order valence-corrected chi connectivity index (χ0v) is 14.9. The van der Waals surface area contributed by atoms with Crippen molar-refractivity contribution < 1.29 is 13.2 Å². The van der Waals surface area contributed by atoms with Crippen LogP contribution >= 0.6 is 0 Å². The van der Waals surface area contributed by atoms with E-state index in [0.29, 0.717) is 5.92 Å². The Morgan fingerprint density at radius 1 is 1.21 bits per heavy atom. The van der Waals surface area contributed by atoms with E-state index in [0.717, 1.165) is 11.8 Å². The van der Waals surface area contributed by atoms with Gasteiger partial charge in [0.1, 0.15) is 0 Å². The second-order valence-electron chi connectivity index (χ2n) is 7.16. The van der Waals surface area contributed by atoms with Crippen molar-refractivity contribution in [2.75, 3.05) is 6.54 Å². The molecule has 1 aromatic rings. The molecule has 4 atom stereocenters. The van der Waals surface area contributed by atoms with Crippen molar-refractivity contribution in [3.8, 4) is 0 Å². The maximum atomic E-state index is 12.1. The molecule has 0 aliphatic heterocycles. The standard InChI is InChI=1S/C18H26N2O3S/c1-13(17-12-14-7-8-15(17)11-14)20-18(21)9-10-19-24(22,23)16-5-3-2-4-6-16/h2-6,13-15,17,19H,7-12H2,1H3,(H,20,21). The zero-order valence-electron chi connectivity index (χ0n) is 14.1. The van der Waals surface area contributed by atoms with Gasteiger partial charge in [-0.05, 0) is 56.1 Å². The molecule has 24 heavy (non-hydrogen) atoms. The molecule has 1 amide bonds. The molecule has 132 valence electrons. The summed E-state index contributed by atoms with van der Waals surface area (Å²) in [5.41, 5.74) is 0. The second kappa shape index (κ2) is 7.23. The van der Waals surface area contributed by atoms with E-state index in [1.165, 1.54) is 25.7 Å². The van der Waals surface area contributed by atoms with E-state index in [2.05, 4.69) is 17.0 Å². The third-order valence-corrected chi connectivity index (χ3v) is 7.00. The van der Waals surface area contributed by atoms with Crippen LogP contribution in [0.25, 0.3) is 0 Å². The molecular weight excluding hydrogens is 324 g/mol. The molecule has 6 heteroatoms. The highest BCUT2D eigenvalue weighted by molar-refractivity contribution is 7.89. The molecule has 0 spiro atoms. The molecular formula is C18H26N2O3S. The van der Waals surface area contributed by atoms with Gasteiger partial charge in [0.15, 0.2) is 0 Å². The SMILES string of the molecule is CC(NC(=O)CCNS(=O)(=O)c1ccccc1)C1CC2CCC1C2. The van der Waals surface area contributed by atoms with Crippen LogP contribution < -0.4 is 10.0 Å². The van der Waals surface area contributed by atoms with Crippen LogP contribution in [0.5, 0.6) is 0 Å². The Bertz CT molecular complexity index is 675. The van der Waals surface area contributed by atoms with Gasteiger partial charge >= 0.3 is 0 Å². The van der Waals surface area contributed by atoms with Gasteiger partial charge in [0.05, 0.1) is 4.90 Å². The molecule has 2 N–H and O–H groups in total. The van der Waals surface area contributed by atoms with Gasteiger partial charge in [0.2, 0.25) is 15.9 Å². The van der Waals surface area contributed by atoms with E-state index < -0.39 is 10.0 Å². The average Bonchev–Trinajstić information content (AvgIpc) is 3.18. The van der Waals surface area contributed by atoms with Gasteiger partial charge in [-0.15, -0.1) is 0 Å². The predicted molar refractivity (Wildman–Crippen MR) is 92.8 cm³/mol. The zero-order chi connectivity index (χ0) is 17.2. The Morgan fingerprint density at radius 3 is 2.58 bits per heavy atom. The van der Waals surface area contributed by atoms with Gasteiger partial charge in [-0.1, -0.05) is 24.6 Å². The molecule has 2 bridgehead atoms. The number of rotatable bonds is 7. The van der Waals surface area contributed by atoms with E-state index in [1.54, 1.807) is 30.3 Å². The molecule has 0 radical (unpaired) electrons. The first kappa shape index (κ1) is 17.4. The molecule has 4 unspecified atom stereocenters. The quantitative estimate of drug-likeness (QED) is 0.792. The van der Waals surface area contributed by atoms with Crippen LogP contribution in [0.3, 0.4) is 0 Å². The first-order chi connectivity index (χ1) is 11.5. The Labute approximate surface area is 144 Å². The molecule has 0 heterocycles. The first-order valence-electron chi connectivity index (χ1n) is 8.80. The monoisotopic (exact) mass is 350 g/mol. The molecule has 2 aliphatic carbocycles. The summed E-state index contributed by atoms with van der Waals surface area (Å²) in [6, 6.07) is 8.39. The van der Waals surface area contributed by atoms with Crippen molar-refractivity contribution >= 4 is 15.9 Å². The Hall–Kier alpha value is -1.40. The number of nitrogens with one attached hydrogen (secondary N) is 2. The molecule has 5 nitrogen and oxygen atoms in total. The minimum Gasteiger partial charge on any atom is -0.353 e. The largest absolute Gasteiger partial charge is 0.353 e. The first-order valence-corrected chi connectivity index (χ1v) is 10.3. The number of hydrogen-bond donors (Lipinski definition) is 2. The lowest BCUT2D eigenvalue weighted by Crippen LogP contribution is -2.41. The molecule has 2 saturated carbocycles. The van der Waals surface area contributed by atoms with Gasteiger partial charge in [-0.25, -0.2) is 13.1 Å². The molecule has 2 fully saturated rings. The van der Waals surface area contributed by atoms with Gasteiger partial charge in [-0.3, -0.25) is 4.79 Å². The Kier molecular flexibility index (Phi) is 5.25. The number of hydrogen-bond acceptors (Lipinski definition) is 3. The number of amides is 1. The summed E-state index contributed by atoms with van der Waals surface area (Å²) in [6.07, 6.45) is 5.36. The summed E-state index contributed by atoms with van der Waals surface area (Å²) in [5, 5.41) is 3.06. The van der Waals surface area contributed by atoms with Crippen LogP contribution in [-0.2, 0) is 14.8 Å². The van der Waals surface area contributed by atoms with Crippen LogP contribution in [0, 0.1) is 17.8 Å². The minimum absolute atomic E-state index is 0.0824. The third kappa shape index (κ3) is 3.98. The van der Waals surface area contributed by atoms with Gasteiger partial charge in [0.25, 0.3) is 0 Å². The summed E-state index contributed by atoms with van der Waals surface area (Å²) >= 11 is 0. The average molecular weight is 350 g/mol. The number of benzene rings is 1. The fourth-order valence-corrected chi connectivity index (χ4v) is 5.37. The topological polar surface area (TPSA) is 75.3 Å². The summed E-state index contributed by atoms with van der Waals surface area (Å²) in [7, 11) is -3.54. The lowest BCUT2D eigenvalue weighted by Gasteiger charge is -2.28. The van der Waals surface area contributed by atoms with Crippen LogP contribution in [0.4, 0.5) is 0 Å². The number of carbonyl (C=O) groups is 1. The van der Waals surface area contributed by atoms with Crippen LogP contribution in [0.15, 0.2) is 35.2 Å². The highest BCUT2D eigenvalue weighted by Crippen LogP contribution is 2.49. The number of carbonyl (C=O) groups excluding carboxylic acids is 1. The van der Waals surface area contributed by atoms with E-state index in [9.17, 15) is 13.2 Å². The van der Waals surface area contributed by atoms with Crippen LogP contribution in [0.1, 0.15) is 39.0 Å². The fourth-order valence-electron chi connectivity index (χ4n) is 4.32. The van der Waals surface area contributed by atoms with Crippen molar-refractivity contribution in [2.45, 2.75) is 50.0 Å². The third-order valence-electron chi connectivity index (χ3n) is 5.52. The highest BCUT2D eigenvalue weighted by Gasteiger charge is 2.42. The molecule has 0 aromatic heterocycles. The predicted octanol–water partition coefficient (Wildman–Crippen LogP) is 2.30. The highest BCUT2D eigenvalue weighted by atomic mass is 32.2. The molecule has 3 rings (SSSR count). The van der Waals surface area contributed by atoms with Crippen LogP contribution in [-0.4, -0.2) is 26.9 Å². The Balaban J connectivity index is 1.43. The van der Waals surface area contributed by atoms with E-state index in [-0.39, 0.29) is 29.8 Å². The normalized spacial score (nSPS) is 27.1. The number of sulfonamides is 1. The molecule has 0 saturated heterocycles. The Morgan fingerprint density at radius 2 is 1.96 bits per heavy atom. The maximum Gasteiger partial charge on any atom is 0.240 e.